The maximum absolute atomic E-state index is 13.4. The average molecular weight is 654 g/mol. The lowest BCUT2D eigenvalue weighted by Crippen LogP contribution is -2.56. The zero-order valence-corrected chi connectivity index (χ0v) is 26.6. The van der Waals surface area contributed by atoms with Crippen LogP contribution in [0.2, 0.25) is 5.02 Å². The van der Waals surface area contributed by atoms with Crippen molar-refractivity contribution in [2.75, 3.05) is 19.8 Å². The van der Waals surface area contributed by atoms with E-state index < -0.39 is 23.8 Å². The summed E-state index contributed by atoms with van der Waals surface area (Å²) >= 11 is 6.06. The van der Waals surface area contributed by atoms with Gasteiger partial charge in [-0.1, -0.05) is 103 Å². The fourth-order valence-corrected chi connectivity index (χ4v) is 5.13. The molecule has 242 valence electrons. The van der Waals surface area contributed by atoms with E-state index in [2.05, 4.69) is 5.32 Å². The van der Waals surface area contributed by atoms with Crippen LogP contribution in [0.4, 0.5) is 0 Å². The summed E-state index contributed by atoms with van der Waals surface area (Å²) in [5.41, 5.74) is 3.44. The number of nitrogens with one attached hydrogen (secondary N) is 1. The van der Waals surface area contributed by atoms with Crippen LogP contribution in [0, 0.1) is 0 Å². The molecule has 2 N–H and O–H groups in total. The van der Waals surface area contributed by atoms with Crippen molar-refractivity contribution in [2.45, 2.75) is 31.3 Å². The minimum atomic E-state index is -2.47. The third kappa shape index (κ3) is 9.10. The van der Waals surface area contributed by atoms with Crippen molar-refractivity contribution in [1.82, 2.24) is 5.32 Å². The molecule has 2 atom stereocenters. The summed E-state index contributed by atoms with van der Waals surface area (Å²) in [4.78, 5) is 26.9. The van der Waals surface area contributed by atoms with Gasteiger partial charge in [0.1, 0.15) is 13.2 Å². The maximum Gasteiger partial charge on any atom is 0.453 e. The molecule has 0 amide bonds. The molecule has 47 heavy (non-hydrogen) atoms. The van der Waals surface area contributed by atoms with Gasteiger partial charge in [-0.15, -0.1) is 0 Å². The van der Waals surface area contributed by atoms with Crippen molar-refractivity contribution in [1.29, 1.82) is 0 Å². The number of halogens is 1. The summed E-state index contributed by atoms with van der Waals surface area (Å²) in [7, 11) is 0. The smallest absolute Gasteiger partial charge is 0.453 e. The number of hydrogen-bond acceptors (Lipinski definition) is 8. The van der Waals surface area contributed by atoms with Crippen molar-refractivity contribution >= 4 is 35.7 Å². The molecule has 0 aromatic heterocycles. The minimum absolute atomic E-state index is 0.0308. The highest BCUT2D eigenvalue weighted by Gasteiger charge is 2.59. The second kappa shape index (κ2) is 16.1. The zero-order chi connectivity index (χ0) is 33.1. The van der Waals surface area contributed by atoms with Crippen LogP contribution in [-0.2, 0) is 25.5 Å². The predicted octanol–water partition coefficient (Wildman–Crippen LogP) is 6.57. The van der Waals surface area contributed by atoms with Crippen molar-refractivity contribution in [3.8, 4) is 11.5 Å². The summed E-state index contributed by atoms with van der Waals surface area (Å²) in [5.74, 6) is -4.11. The molecular weight excluding hydrogens is 618 g/mol. The highest BCUT2D eigenvalue weighted by molar-refractivity contribution is 6.30. The number of aliphatic hydroxyl groups excluding tert-OH is 1. The first-order valence-corrected chi connectivity index (χ1v) is 15.7. The lowest BCUT2D eigenvalue weighted by Gasteiger charge is -2.22. The quantitative estimate of drug-likeness (QED) is 0.116. The number of esters is 2. The van der Waals surface area contributed by atoms with E-state index in [0.717, 1.165) is 22.3 Å². The number of ether oxygens (including phenoxy) is 4. The topological polar surface area (TPSA) is 103 Å². The fourth-order valence-electron chi connectivity index (χ4n) is 4.93. The van der Waals surface area contributed by atoms with Gasteiger partial charge in [0.25, 0.3) is 0 Å². The van der Waals surface area contributed by atoms with E-state index in [9.17, 15) is 14.7 Å². The van der Waals surface area contributed by atoms with Crippen molar-refractivity contribution in [3.63, 3.8) is 0 Å². The molecule has 4 aromatic carbocycles. The summed E-state index contributed by atoms with van der Waals surface area (Å²) < 4.78 is 22.7. The Labute approximate surface area is 279 Å². The maximum atomic E-state index is 13.4. The van der Waals surface area contributed by atoms with Crippen molar-refractivity contribution in [2.24, 2.45) is 0 Å². The van der Waals surface area contributed by atoms with Crippen molar-refractivity contribution < 1.29 is 33.6 Å². The molecule has 0 fully saturated rings. The second-order valence-electron chi connectivity index (χ2n) is 11.0. The Kier molecular flexibility index (Phi) is 11.5. The Bertz CT molecular complexity index is 1640. The molecule has 4 aromatic rings. The van der Waals surface area contributed by atoms with Gasteiger partial charge in [-0.25, -0.2) is 9.59 Å². The highest BCUT2D eigenvalue weighted by atomic mass is 35.5. The summed E-state index contributed by atoms with van der Waals surface area (Å²) in [6.45, 7) is 2.08. The molecule has 0 aliphatic carbocycles. The predicted molar refractivity (Wildman–Crippen MR) is 181 cm³/mol. The fraction of sp³-hybridized carbons (Fsp3) is 0.211. The number of aliphatic hydroxyl groups is 1. The van der Waals surface area contributed by atoms with E-state index >= 15 is 0 Å². The van der Waals surface area contributed by atoms with E-state index in [1.54, 1.807) is 54.6 Å². The van der Waals surface area contributed by atoms with Gasteiger partial charge in [0, 0.05) is 17.6 Å². The summed E-state index contributed by atoms with van der Waals surface area (Å²) in [6, 6.07) is 31.3. The lowest BCUT2D eigenvalue weighted by atomic mass is 10.1. The molecule has 5 rings (SSSR count). The number of carbonyl (C=O) groups is 2. The van der Waals surface area contributed by atoms with Gasteiger partial charge >= 0.3 is 17.7 Å². The van der Waals surface area contributed by atoms with Crippen LogP contribution in [0.15, 0.2) is 115 Å². The number of hydrogen-bond donors (Lipinski definition) is 2. The molecule has 1 aliphatic rings. The number of benzene rings is 4. The van der Waals surface area contributed by atoms with E-state index in [4.69, 9.17) is 30.5 Å². The first kappa shape index (κ1) is 33.5. The lowest BCUT2D eigenvalue weighted by molar-refractivity contribution is -0.201. The van der Waals surface area contributed by atoms with Crippen LogP contribution in [0.3, 0.4) is 0 Å². The molecule has 9 heteroatoms. The molecule has 1 heterocycles. The molecule has 0 spiro atoms. The second-order valence-corrected chi connectivity index (χ2v) is 11.4. The largest absolute Gasteiger partial charge is 0.455 e. The summed E-state index contributed by atoms with van der Waals surface area (Å²) in [5, 5.41) is 14.5. The molecule has 1 aliphatic heterocycles. The molecule has 0 saturated heterocycles. The van der Waals surface area contributed by atoms with Gasteiger partial charge < -0.3 is 29.4 Å². The van der Waals surface area contributed by atoms with Crippen LogP contribution < -0.4 is 14.8 Å². The Morgan fingerprint density at radius 3 is 2.00 bits per heavy atom. The van der Waals surface area contributed by atoms with Gasteiger partial charge in [0.2, 0.25) is 0 Å². The van der Waals surface area contributed by atoms with E-state index in [0.29, 0.717) is 18.0 Å². The molecule has 0 saturated carbocycles. The van der Waals surface area contributed by atoms with E-state index in [1.165, 1.54) is 0 Å². The molecule has 0 radical (unpaired) electrons. The number of carbonyl (C=O) groups excluding carboxylic acids is 2. The number of fused-ring (bicyclic) bond motifs is 1. The first-order chi connectivity index (χ1) is 22.8. The summed E-state index contributed by atoms with van der Waals surface area (Å²) in [6.07, 6.45) is 6.76. The standard InChI is InChI=1S/C38H36ClNO7/c1-27(40-26-33(41)31-17-8-18-32(39)25-31)23-30-19-20-34-35(24-30)47-38(46-34,36(42)44-21-9-15-28-11-4-2-5-12-28)37(43)45-22-10-16-29-13-6-3-7-14-29/h2-20,24-25,27,33,40-41H,21-23,26H2,1H3/t27-,33?,38?/m1/s1. The van der Waals surface area contributed by atoms with Crippen LogP contribution in [0.5, 0.6) is 11.5 Å². The molecule has 0 bridgehead atoms. The zero-order valence-electron chi connectivity index (χ0n) is 25.9. The third-order valence-corrected chi connectivity index (χ3v) is 7.56. The molecule has 8 nitrogen and oxygen atoms in total. The Balaban J connectivity index is 1.24. The Morgan fingerprint density at radius 2 is 1.40 bits per heavy atom. The normalized spacial score (nSPS) is 16.7. The van der Waals surface area contributed by atoms with Gasteiger partial charge in [-0.05, 0) is 72.0 Å². The SMILES string of the molecule is C[C@H](Cc1ccc2c(c1)OC(C(=O)OCC=Cc1ccccc1)(C(=O)OCC=Cc1ccccc1)O2)NCC(O)c1cccc(Cl)c1. The van der Waals surface area contributed by atoms with Gasteiger partial charge in [0.15, 0.2) is 11.5 Å². The minimum Gasteiger partial charge on any atom is -0.455 e. The van der Waals surface area contributed by atoms with Gasteiger partial charge in [0.05, 0.1) is 6.10 Å². The van der Waals surface area contributed by atoms with Crippen molar-refractivity contribution in [3.05, 3.63) is 143 Å². The highest BCUT2D eigenvalue weighted by Crippen LogP contribution is 2.41. The Hall–Kier alpha value is -4.89. The van der Waals surface area contributed by atoms with E-state index in [-0.39, 0.29) is 30.8 Å². The first-order valence-electron chi connectivity index (χ1n) is 15.3. The monoisotopic (exact) mass is 653 g/mol. The van der Waals surface area contributed by atoms with Crippen LogP contribution in [0.1, 0.15) is 35.3 Å². The molecule has 1 unspecified atom stereocenters. The Morgan fingerprint density at radius 1 is 0.809 bits per heavy atom. The van der Waals surface area contributed by atoms with Crippen LogP contribution in [-0.4, -0.2) is 48.6 Å². The van der Waals surface area contributed by atoms with Crippen LogP contribution >= 0.6 is 11.6 Å². The third-order valence-electron chi connectivity index (χ3n) is 7.33. The molecular formula is C38H36ClNO7. The van der Waals surface area contributed by atoms with Gasteiger partial charge in [-0.2, -0.15) is 0 Å². The van der Waals surface area contributed by atoms with Gasteiger partial charge in [-0.3, -0.25) is 0 Å². The van der Waals surface area contributed by atoms with E-state index in [1.807, 2.05) is 79.7 Å². The van der Waals surface area contributed by atoms with Crippen LogP contribution in [0.25, 0.3) is 12.2 Å². The average Bonchev–Trinajstić information content (AvgIpc) is 3.49. The number of rotatable bonds is 14.